The van der Waals surface area contributed by atoms with Crippen LogP contribution in [-0.2, 0) is 9.47 Å². The Kier molecular flexibility index (Phi) is 7.80. The fourth-order valence-electron chi connectivity index (χ4n) is 4.39. The van der Waals surface area contributed by atoms with Crippen molar-refractivity contribution in [3.8, 4) is 0 Å². The van der Waals surface area contributed by atoms with Crippen molar-refractivity contribution in [1.29, 1.82) is 0 Å². The zero-order valence-electron chi connectivity index (χ0n) is 20.6. The van der Waals surface area contributed by atoms with E-state index in [1.54, 1.807) is 7.11 Å². The lowest BCUT2D eigenvalue weighted by molar-refractivity contribution is -0.0691. The molecule has 0 saturated heterocycles. The van der Waals surface area contributed by atoms with Crippen molar-refractivity contribution in [3.63, 3.8) is 0 Å². The van der Waals surface area contributed by atoms with Crippen molar-refractivity contribution in [2.24, 2.45) is 4.99 Å². The van der Waals surface area contributed by atoms with Gasteiger partial charge in [-0.3, -0.25) is 4.99 Å². The fraction of sp³-hybridized carbons (Fsp3) is 0.500. The van der Waals surface area contributed by atoms with Gasteiger partial charge in [0.25, 0.3) is 0 Å². The van der Waals surface area contributed by atoms with Crippen LogP contribution in [0.1, 0.15) is 58.1 Å². The van der Waals surface area contributed by atoms with Gasteiger partial charge in [-0.2, -0.15) is 15.4 Å². The first-order valence-corrected chi connectivity index (χ1v) is 12.1. The fourth-order valence-corrected chi connectivity index (χ4v) is 4.39. The topological polar surface area (TPSA) is 87.7 Å². The molecule has 2 heterocycles. The van der Waals surface area contributed by atoms with E-state index in [4.69, 9.17) is 14.5 Å². The van der Waals surface area contributed by atoms with Gasteiger partial charge in [-0.15, -0.1) is 0 Å². The summed E-state index contributed by atoms with van der Waals surface area (Å²) in [6.45, 7) is 11.4. The van der Waals surface area contributed by atoms with E-state index >= 15 is 0 Å². The normalized spacial score (nSPS) is 23.6. The maximum atomic E-state index is 6.05. The lowest BCUT2D eigenvalue weighted by Crippen LogP contribution is -2.41. The summed E-state index contributed by atoms with van der Waals surface area (Å²) in [5.74, 6) is 0.780. The summed E-state index contributed by atoms with van der Waals surface area (Å²) in [7, 11) is 1.73. The number of aromatic nitrogens is 3. The Morgan fingerprint density at radius 3 is 2.88 bits per heavy atom. The minimum absolute atomic E-state index is 0.0557. The van der Waals surface area contributed by atoms with Crippen LogP contribution in [0.4, 0.5) is 0 Å². The SMILES string of the molecule is C=C1C(NC2=CC(OC)C(OC(C)C)CC2)=NC(c2ccc3n[nH]nc3c2)CN1C=CCCC. The average molecular weight is 465 g/mol. The number of amidine groups is 1. The van der Waals surface area contributed by atoms with E-state index in [0.29, 0.717) is 0 Å². The van der Waals surface area contributed by atoms with Gasteiger partial charge in [0.2, 0.25) is 0 Å². The summed E-state index contributed by atoms with van der Waals surface area (Å²) in [6, 6.07) is 6.06. The lowest BCUT2D eigenvalue weighted by atomic mass is 9.98. The second kappa shape index (κ2) is 11.0. The first kappa shape index (κ1) is 24.2. The number of nitrogens with one attached hydrogen (secondary N) is 2. The Hall–Kier alpha value is -2.97. The Labute approximate surface area is 201 Å². The third-order valence-electron chi connectivity index (χ3n) is 6.17. The van der Waals surface area contributed by atoms with Gasteiger partial charge >= 0.3 is 0 Å². The van der Waals surface area contributed by atoms with Gasteiger partial charge in [0, 0.05) is 25.6 Å². The molecule has 3 unspecified atom stereocenters. The molecular formula is C26H36N6O2. The highest BCUT2D eigenvalue weighted by Gasteiger charge is 2.29. The van der Waals surface area contributed by atoms with E-state index < -0.39 is 0 Å². The summed E-state index contributed by atoms with van der Waals surface area (Å²) in [5, 5.41) is 14.7. The highest BCUT2D eigenvalue weighted by Crippen LogP contribution is 2.29. The number of benzene rings is 1. The largest absolute Gasteiger partial charge is 0.375 e. The molecular weight excluding hydrogens is 428 g/mol. The number of unbranched alkanes of at least 4 members (excludes halogenated alkanes) is 1. The van der Waals surface area contributed by atoms with E-state index in [-0.39, 0.29) is 24.4 Å². The van der Waals surface area contributed by atoms with Crippen molar-refractivity contribution in [3.05, 3.63) is 60.1 Å². The molecule has 0 amide bonds. The molecule has 2 N–H and O–H groups in total. The third kappa shape index (κ3) is 5.56. The van der Waals surface area contributed by atoms with Crippen LogP contribution >= 0.6 is 0 Å². The molecule has 1 aromatic heterocycles. The molecule has 34 heavy (non-hydrogen) atoms. The van der Waals surface area contributed by atoms with E-state index in [0.717, 1.165) is 66.1 Å². The Morgan fingerprint density at radius 1 is 1.29 bits per heavy atom. The van der Waals surface area contributed by atoms with Crippen LogP contribution in [0.25, 0.3) is 11.0 Å². The molecule has 8 heteroatoms. The maximum Gasteiger partial charge on any atom is 0.149 e. The number of nitrogens with zero attached hydrogens (tertiary/aromatic N) is 4. The number of hydrogen-bond acceptors (Lipinski definition) is 7. The smallest absolute Gasteiger partial charge is 0.149 e. The number of hydrogen-bond donors (Lipinski definition) is 2. The van der Waals surface area contributed by atoms with Gasteiger partial charge in [0.1, 0.15) is 23.0 Å². The molecule has 182 valence electrons. The third-order valence-corrected chi connectivity index (χ3v) is 6.17. The lowest BCUT2D eigenvalue weighted by Gasteiger charge is -2.35. The predicted octanol–water partition coefficient (Wildman–Crippen LogP) is 4.62. The van der Waals surface area contributed by atoms with Crippen molar-refractivity contribution >= 4 is 16.9 Å². The van der Waals surface area contributed by atoms with Crippen molar-refractivity contribution in [1.82, 2.24) is 25.6 Å². The van der Waals surface area contributed by atoms with Crippen molar-refractivity contribution in [2.45, 2.75) is 70.8 Å². The molecule has 4 rings (SSSR count). The zero-order valence-corrected chi connectivity index (χ0v) is 20.6. The van der Waals surface area contributed by atoms with Crippen LogP contribution in [-0.4, -0.2) is 58.1 Å². The standard InChI is InChI=1S/C26H36N6O2/c1-6-7-8-13-32-16-23(19-9-11-21-22(14-19)30-31-29-21)28-26(18(32)4)27-20-10-12-24(34-17(2)3)25(15-20)33-5/h8-9,11,13-15,17,23-25H,4,6-7,10,12,16H2,1-3,5H3,(H,27,28)(H,29,30,31). The van der Waals surface area contributed by atoms with Crippen LogP contribution < -0.4 is 5.32 Å². The number of ether oxygens (including phenoxy) is 2. The molecule has 2 aromatic rings. The molecule has 0 fully saturated rings. The predicted molar refractivity (Wildman–Crippen MR) is 135 cm³/mol. The average Bonchev–Trinajstić information content (AvgIpc) is 3.30. The summed E-state index contributed by atoms with van der Waals surface area (Å²) < 4.78 is 11.8. The summed E-state index contributed by atoms with van der Waals surface area (Å²) >= 11 is 0. The number of aliphatic imine (C=N–C) groups is 1. The highest BCUT2D eigenvalue weighted by molar-refractivity contribution is 5.99. The number of aromatic amines is 1. The van der Waals surface area contributed by atoms with E-state index in [1.807, 2.05) is 6.07 Å². The minimum atomic E-state index is -0.0953. The quantitative estimate of drug-likeness (QED) is 0.593. The molecule has 0 spiro atoms. The van der Waals surface area contributed by atoms with Crippen LogP contribution in [0.2, 0.25) is 0 Å². The minimum Gasteiger partial charge on any atom is -0.375 e. The highest BCUT2D eigenvalue weighted by atomic mass is 16.5. The van der Waals surface area contributed by atoms with E-state index in [2.05, 4.69) is 83.5 Å². The molecule has 1 aromatic carbocycles. The maximum absolute atomic E-state index is 6.05. The summed E-state index contributed by atoms with van der Waals surface area (Å²) in [4.78, 5) is 7.26. The van der Waals surface area contributed by atoms with Gasteiger partial charge in [-0.1, -0.05) is 32.1 Å². The van der Waals surface area contributed by atoms with Crippen LogP contribution in [0, 0.1) is 0 Å². The molecule has 3 atom stereocenters. The molecule has 8 nitrogen and oxygen atoms in total. The van der Waals surface area contributed by atoms with Crippen molar-refractivity contribution < 1.29 is 9.47 Å². The van der Waals surface area contributed by atoms with Gasteiger partial charge in [-0.05, 0) is 56.9 Å². The number of H-pyrrole nitrogens is 1. The van der Waals surface area contributed by atoms with E-state index in [9.17, 15) is 0 Å². The van der Waals surface area contributed by atoms with Gasteiger partial charge < -0.3 is 19.7 Å². The Morgan fingerprint density at radius 2 is 2.12 bits per heavy atom. The van der Waals surface area contributed by atoms with Crippen molar-refractivity contribution in [2.75, 3.05) is 13.7 Å². The number of rotatable bonds is 8. The number of methoxy groups -OCH3 is 1. The Balaban J connectivity index is 1.60. The second-order valence-electron chi connectivity index (χ2n) is 9.12. The van der Waals surface area contributed by atoms with Crippen LogP contribution in [0.3, 0.4) is 0 Å². The zero-order chi connectivity index (χ0) is 24.1. The monoisotopic (exact) mass is 464 g/mol. The van der Waals surface area contributed by atoms with Gasteiger partial charge in [0.05, 0.1) is 23.9 Å². The summed E-state index contributed by atoms with van der Waals surface area (Å²) in [6.07, 6.45) is 10.5. The molecule has 1 aliphatic heterocycles. The van der Waals surface area contributed by atoms with Gasteiger partial charge in [-0.25, -0.2) is 0 Å². The molecule has 0 bridgehead atoms. The molecule has 2 aliphatic rings. The van der Waals surface area contributed by atoms with Crippen LogP contribution in [0.15, 0.2) is 59.5 Å². The Bertz CT molecular complexity index is 1090. The number of allylic oxidation sites excluding steroid dienone is 2. The van der Waals surface area contributed by atoms with E-state index in [1.165, 1.54) is 0 Å². The van der Waals surface area contributed by atoms with Crippen LogP contribution in [0.5, 0.6) is 0 Å². The molecule has 0 saturated carbocycles. The summed E-state index contributed by atoms with van der Waals surface area (Å²) in [5.41, 5.74) is 4.73. The molecule has 1 aliphatic carbocycles. The molecule has 0 radical (unpaired) electrons. The number of fused-ring (bicyclic) bond motifs is 1. The van der Waals surface area contributed by atoms with Gasteiger partial charge in [0.15, 0.2) is 0 Å². The second-order valence-corrected chi connectivity index (χ2v) is 9.12. The first-order chi connectivity index (χ1) is 16.5. The first-order valence-electron chi connectivity index (χ1n) is 12.1.